The molecule has 458 valence electrons. The molecule has 0 heterocycles. The summed E-state index contributed by atoms with van der Waals surface area (Å²) in [5, 5.41) is 0. The number of allylic oxidation sites excluding steroid dienone is 36. The van der Waals surface area contributed by atoms with Crippen LogP contribution in [0.3, 0.4) is 0 Å². The molecule has 0 aromatic carbocycles. The van der Waals surface area contributed by atoms with Gasteiger partial charge in [-0.15, -0.1) is 0 Å². The van der Waals surface area contributed by atoms with Crippen LogP contribution in [0.4, 0.5) is 0 Å². The fraction of sp³-hybridized carbons (Fsp3) is 0.494. The lowest BCUT2D eigenvalue weighted by Gasteiger charge is -2.18. The van der Waals surface area contributed by atoms with Gasteiger partial charge in [0.15, 0.2) is 6.10 Å². The van der Waals surface area contributed by atoms with E-state index >= 15 is 0 Å². The molecule has 6 heteroatoms. The van der Waals surface area contributed by atoms with Crippen molar-refractivity contribution in [1.82, 2.24) is 0 Å². The van der Waals surface area contributed by atoms with E-state index in [4.69, 9.17) is 14.2 Å². The highest BCUT2D eigenvalue weighted by Crippen LogP contribution is 2.12. The molecule has 0 saturated carbocycles. The molecule has 0 bridgehead atoms. The standard InChI is InChI=1S/C77H114O6/c1-4-7-10-13-16-19-22-25-28-31-34-37-38-41-43-46-49-52-55-58-61-64-67-70-76(79)82-73-74(83-77(80)71-68-65-62-59-56-53-50-47-44-40-36-33-30-27-24-21-18-15-12-9-6-3)72-81-75(78)69-66-63-60-57-54-51-48-45-42-39-35-32-29-26-23-20-17-14-11-8-5-2/h7-12,16-21,25-30,34-37,39-41,43,45,47-50,52,56,58-59,61,74H,4-6,13-15,22-24,31-33,38,42,44,46,51,53-55,57,60,62-73H2,1-3H3/b10-7-,11-8-,12-9-,19-16-,20-17-,21-18-,28-25-,29-26-,30-27-,37-34-,39-35-,40-36-,43-41-,48-45-,50-47-,52-49-,59-56-,61-58-. The van der Waals surface area contributed by atoms with Crippen molar-refractivity contribution in [2.75, 3.05) is 13.2 Å². The van der Waals surface area contributed by atoms with Gasteiger partial charge in [0.05, 0.1) is 0 Å². The highest BCUT2D eigenvalue weighted by atomic mass is 16.6. The third kappa shape index (κ3) is 66.4. The van der Waals surface area contributed by atoms with Crippen molar-refractivity contribution in [2.24, 2.45) is 0 Å². The SMILES string of the molecule is CC/C=C\C/C=C\C/C=C\C/C=C\C/C=C\C/C=C\C/C=C\CCCC(=O)OCC(COC(=O)CCCCCCC/C=C\C/C=C\C/C=C\C/C=C\C/C=C\CC)OC(=O)CCCC/C=C\C/C=C\C/C=C\C/C=C\C/C=C\C/C=C\CC. The van der Waals surface area contributed by atoms with E-state index in [-0.39, 0.29) is 44.0 Å². The van der Waals surface area contributed by atoms with Crippen molar-refractivity contribution in [3.63, 3.8) is 0 Å². The molecule has 1 atom stereocenters. The van der Waals surface area contributed by atoms with E-state index in [0.717, 1.165) is 173 Å². The van der Waals surface area contributed by atoms with Gasteiger partial charge in [0, 0.05) is 19.3 Å². The molecule has 0 aliphatic heterocycles. The van der Waals surface area contributed by atoms with Crippen molar-refractivity contribution in [1.29, 1.82) is 0 Å². The van der Waals surface area contributed by atoms with E-state index < -0.39 is 6.10 Å². The van der Waals surface area contributed by atoms with E-state index in [2.05, 4.69) is 240 Å². The Hall–Kier alpha value is -6.27. The number of hydrogen-bond donors (Lipinski definition) is 0. The Morgan fingerprint density at radius 1 is 0.241 bits per heavy atom. The minimum absolute atomic E-state index is 0.138. The summed E-state index contributed by atoms with van der Waals surface area (Å²) in [6.45, 7) is 6.18. The van der Waals surface area contributed by atoms with Crippen LogP contribution in [0.25, 0.3) is 0 Å². The third-order valence-electron chi connectivity index (χ3n) is 12.5. The molecular weight excluding hydrogens is 1020 g/mol. The quantitative estimate of drug-likeness (QED) is 0.0261. The molecule has 83 heavy (non-hydrogen) atoms. The van der Waals surface area contributed by atoms with Crippen LogP contribution in [0.5, 0.6) is 0 Å². The van der Waals surface area contributed by atoms with E-state index in [1.165, 1.54) is 0 Å². The summed E-state index contributed by atoms with van der Waals surface area (Å²) in [5.74, 6) is -1.07. The third-order valence-corrected chi connectivity index (χ3v) is 12.5. The lowest BCUT2D eigenvalue weighted by molar-refractivity contribution is -0.167. The summed E-state index contributed by atoms with van der Waals surface area (Å²) in [5.41, 5.74) is 0. The monoisotopic (exact) mass is 1130 g/mol. The van der Waals surface area contributed by atoms with Crippen LogP contribution in [-0.2, 0) is 28.6 Å². The second-order valence-electron chi connectivity index (χ2n) is 20.2. The number of ether oxygens (including phenoxy) is 3. The lowest BCUT2D eigenvalue weighted by atomic mass is 10.1. The number of esters is 3. The molecule has 0 spiro atoms. The minimum Gasteiger partial charge on any atom is -0.462 e. The Bertz CT molecular complexity index is 2080. The van der Waals surface area contributed by atoms with Crippen LogP contribution in [0.1, 0.15) is 226 Å². The van der Waals surface area contributed by atoms with Gasteiger partial charge in [-0.25, -0.2) is 0 Å². The van der Waals surface area contributed by atoms with Gasteiger partial charge in [0.25, 0.3) is 0 Å². The number of hydrogen-bond acceptors (Lipinski definition) is 6. The average Bonchev–Trinajstić information content (AvgIpc) is 3.49. The Morgan fingerprint density at radius 2 is 0.446 bits per heavy atom. The van der Waals surface area contributed by atoms with Gasteiger partial charge in [-0.1, -0.05) is 259 Å². The van der Waals surface area contributed by atoms with Crippen molar-refractivity contribution in [3.8, 4) is 0 Å². The van der Waals surface area contributed by atoms with Crippen LogP contribution in [0.15, 0.2) is 219 Å². The summed E-state index contributed by atoms with van der Waals surface area (Å²) < 4.78 is 16.8. The lowest BCUT2D eigenvalue weighted by Crippen LogP contribution is -2.30. The second-order valence-corrected chi connectivity index (χ2v) is 20.2. The van der Waals surface area contributed by atoms with Crippen LogP contribution in [0.2, 0.25) is 0 Å². The Kier molecular flexibility index (Phi) is 63.1. The summed E-state index contributed by atoms with van der Waals surface area (Å²) >= 11 is 0. The molecule has 0 amide bonds. The minimum atomic E-state index is -0.851. The first-order valence-corrected chi connectivity index (χ1v) is 32.2. The number of carbonyl (C=O) groups is 3. The molecule has 0 radical (unpaired) electrons. The first kappa shape index (κ1) is 76.7. The molecule has 1 unspecified atom stereocenters. The predicted molar refractivity (Wildman–Crippen MR) is 361 cm³/mol. The van der Waals surface area contributed by atoms with Gasteiger partial charge in [-0.3, -0.25) is 14.4 Å². The molecule has 6 nitrogen and oxygen atoms in total. The van der Waals surface area contributed by atoms with Crippen LogP contribution in [-0.4, -0.2) is 37.2 Å². The molecule has 0 aliphatic carbocycles. The maximum atomic E-state index is 12.9. The van der Waals surface area contributed by atoms with Crippen LogP contribution in [0, 0.1) is 0 Å². The van der Waals surface area contributed by atoms with Crippen molar-refractivity contribution < 1.29 is 28.6 Å². The normalized spacial score (nSPS) is 13.6. The van der Waals surface area contributed by atoms with Crippen LogP contribution < -0.4 is 0 Å². The summed E-state index contributed by atoms with van der Waals surface area (Å²) in [4.78, 5) is 38.4. The zero-order valence-corrected chi connectivity index (χ0v) is 52.4. The van der Waals surface area contributed by atoms with E-state index in [1.54, 1.807) is 0 Å². The Balaban J connectivity index is 4.67. The second kappa shape index (κ2) is 68.2. The Labute approximate surface area is 508 Å². The highest BCUT2D eigenvalue weighted by Gasteiger charge is 2.19. The average molecular weight is 1140 g/mol. The molecule has 0 N–H and O–H groups in total. The van der Waals surface area contributed by atoms with E-state index in [9.17, 15) is 14.4 Å². The van der Waals surface area contributed by atoms with Gasteiger partial charge in [-0.2, -0.15) is 0 Å². The first-order chi connectivity index (χ1) is 41.0. The summed E-state index contributed by atoms with van der Waals surface area (Å²) in [6.07, 6.45) is 107. The number of rotatable bonds is 55. The van der Waals surface area contributed by atoms with Crippen molar-refractivity contribution in [2.45, 2.75) is 232 Å². The summed E-state index contributed by atoms with van der Waals surface area (Å²) in [7, 11) is 0. The fourth-order valence-electron chi connectivity index (χ4n) is 7.75. The molecule has 0 aromatic heterocycles. The van der Waals surface area contributed by atoms with E-state index in [1.807, 2.05) is 0 Å². The molecule has 0 rings (SSSR count). The molecule has 0 aromatic rings. The van der Waals surface area contributed by atoms with Crippen LogP contribution >= 0.6 is 0 Å². The first-order valence-electron chi connectivity index (χ1n) is 32.2. The maximum Gasteiger partial charge on any atom is 0.306 e. The summed E-state index contributed by atoms with van der Waals surface area (Å²) in [6, 6.07) is 0. The molecule has 0 aliphatic rings. The zero-order chi connectivity index (χ0) is 59.9. The van der Waals surface area contributed by atoms with Gasteiger partial charge in [0.2, 0.25) is 0 Å². The largest absolute Gasteiger partial charge is 0.462 e. The molecular formula is C77H114O6. The van der Waals surface area contributed by atoms with Crippen molar-refractivity contribution in [3.05, 3.63) is 219 Å². The predicted octanol–water partition coefficient (Wildman–Crippen LogP) is 22.5. The van der Waals surface area contributed by atoms with Gasteiger partial charge in [0.1, 0.15) is 13.2 Å². The Morgan fingerprint density at radius 3 is 0.747 bits per heavy atom. The number of carbonyl (C=O) groups excluding carboxylic acids is 3. The zero-order valence-electron chi connectivity index (χ0n) is 52.4. The van der Waals surface area contributed by atoms with E-state index in [0.29, 0.717) is 19.3 Å². The van der Waals surface area contributed by atoms with Gasteiger partial charge in [-0.05, 0) is 167 Å². The molecule has 0 fully saturated rings. The maximum absolute atomic E-state index is 12.9. The van der Waals surface area contributed by atoms with Crippen molar-refractivity contribution >= 4 is 17.9 Å². The number of unbranched alkanes of at least 4 members (excludes halogenated alkanes) is 8. The molecule has 0 saturated heterocycles. The van der Waals surface area contributed by atoms with Gasteiger partial charge < -0.3 is 14.2 Å². The smallest absolute Gasteiger partial charge is 0.306 e. The highest BCUT2D eigenvalue weighted by molar-refractivity contribution is 5.71. The fourth-order valence-corrected chi connectivity index (χ4v) is 7.75. The topological polar surface area (TPSA) is 78.9 Å². The van der Waals surface area contributed by atoms with Gasteiger partial charge >= 0.3 is 17.9 Å².